The SMILES string of the molecule is C#Cc1cccc(NCC)c1. The van der Waals surface area contributed by atoms with Gasteiger partial charge in [-0.25, -0.2) is 0 Å². The van der Waals surface area contributed by atoms with Crippen LogP contribution in [0.2, 0.25) is 0 Å². The summed E-state index contributed by atoms with van der Waals surface area (Å²) >= 11 is 0. The first kappa shape index (κ1) is 7.68. The molecule has 0 saturated carbocycles. The maximum absolute atomic E-state index is 5.24. The highest BCUT2D eigenvalue weighted by atomic mass is 14.8. The van der Waals surface area contributed by atoms with E-state index >= 15 is 0 Å². The molecule has 0 fully saturated rings. The number of benzene rings is 1. The summed E-state index contributed by atoms with van der Waals surface area (Å²) in [5.41, 5.74) is 2.01. The van der Waals surface area contributed by atoms with Crippen LogP contribution >= 0.6 is 0 Å². The minimum atomic E-state index is 0.920. The van der Waals surface area contributed by atoms with Crippen LogP contribution in [0.25, 0.3) is 0 Å². The van der Waals surface area contributed by atoms with Crippen LogP contribution in [0.1, 0.15) is 12.5 Å². The number of terminal acetylenes is 1. The van der Waals surface area contributed by atoms with Crippen molar-refractivity contribution >= 4 is 5.69 Å². The lowest BCUT2D eigenvalue weighted by Crippen LogP contribution is -1.95. The Morgan fingerprint density at radius 2 is 2.36 bits per heavy atom. The van der Waals surface area contributed by atoms with Crippen molar-refractivity contribution in [1.82, 2.24) is 0 Å². The molecule has 1 heteroatoms. The van der Waals surface area contributed by atoms with Crippen molar-refractivity contribution in [3.05, 3.63) is 29.8 Å². The predicted octanol–water partition coefficient (Wildman–Crippen LogP) is 2.10. The Labute approximate surface area is 67.4 Å². The molecule has 0 radical (unpaired) electrons. The van der Waals surface area contributed by atoms with Crippen LogP contribution in [0, 0.1) is 12.3 Å². The van der Waals surface area contributed by atoms with E-state index < -0.39 is 0 Å². The van der Waals surface area contributed by atoms with Gasteiger partial charge in [0, 0.05) is 17.8 Å². The monoisotopic (exact) mass is 145 g/mol. The molecule has 0 heterocycles. The van der Waals surface area contributed by atoms with Crippen LogP contribution in [0.5, 0.6) is 0 Å². The first-order valence-corrected chi connectivity index (χ1v) is 3.67. The minimum absolute atomic E-state index is 0.920. The van der Waals surface area contributed by atoms with Crippen LogP contribution in [-0.4, -0.2) is 6.54 Å². The van der Waals surface area contributed by atoms with Crippen molar-refractivity contribution < 1.29 is 0 Å². The van der Waals surface area contributed by atoms with E-state index in [1.165, 1.54) is 0 Å². The van der Waals surface area contributed by atoms with Gasteiger partial charge in [0.15, 0.2) is 0 Å². The molecule has 0 aliphatic heterocycles. The molecule has 0 atom stereocenters. The van der Waals surface area contributed by atoms with Gasteiger partial charge in [0.1, 0.15) is 0 Å². The predicted molar refractivity (Wildman–Crippen MR) is 48.5 cm³/mol. The Hall–Kier alpha value is -1.42. The fraction of sp³-hybridized carbons (Fsp3) is 0.200. The van der Waals surface area contributed by atoms with Crippen molar-refractivity contribution in [3.63, 3.8) is 0 Å². The van der Waals surface area contributed by atoms with Crippen LogP contribution in [0.4, 0.5) is 5.69 Å². The normalized spacial score (nSPS) is 8.73. The minimum Gasteiger partial charge on any atom is -0.385 e. The molecule has 1 aromatic rings. The molecule has 0 bridgehead atoms. The van der Waals surface area contributed by atoms with Crippen molar-refractivity contribution in [2.75, 3.05) is 11.9 Å². The summed E-state index contributed by atoms with van der Waals surface area (Å²) < 4.78 is 0. The van der Waals surface area contributed by atoms with Crippen LogP contribution in [-0.2, 0) is 0 Å². The van der Waals surface area contributed by atoms with Gasteiger partial charge in [0.25, 0.3) is 0 Å². The fourth-order valence-electron chi connectivity index (χ4n) is 0.923. The standard InChI is InChI=1S/C10H11N/c1-3-9-6-5-7-10(8-9)11-4-2/h1,5-8,11H,4H2,2H3. The van der Waals surface area contributed by atoms with Gasteiger partial charge in [0.05, 0.1) is 0 Å². The number of anilines is 1. The third-order valence-corrected chi connectivity index (χ3v) is 1.41. The fourth-order valence-corrected chi connectivity index (χ4v) is 0.923. The van der Waals surface area contributed by atoms with Crippen molar-refractivity contribution in [2.24, 2.45) is 0 Å². The average molecular weight is 145 g/mol. The molecule has 0 aromatic heterocycles. The molecule has 1 N–H and O–H groups in total. The molecule has 0 unspecified atom stereocenters. The van der Waals surface area contributed by atoms with E-state index in [0.717, 1.165) is 17.8 Å². The highest BCUT2D eigenvalue weighted by molar-refractivity contribution is 5.49. The lowest BCUT2D eigenvalue weighted by molar-refractivity contribution is 1.21. The molecule has 0 aliphatic rings. The molecule has 0 amide bonds. The zero-order valence-electron chi connectivity index (χ0n) is 6.59. The second-order valence-electron chi connectivity index (χ2n) is 2.26. The third kappa shape index (κ3) is 2.01. The van der Waals surface area contributed by atoms with Crippen molar-refractivity contribution in [3.8, 4) is 12.3 Å². The van der Waals surface area contributed by atoms with Gasteiger partial charge in [0.2, 0.25) is 0 Å². The highest BCUT2D eigenvalue weighted by Crippen LogP contribution is 2.08. The van der Waals surface area contributed by atoms with E-state index in [1.54, 1.807) is 0 Å². The maximum atomic E-state index is 5.24. The zero-order valence-corrected chi connectivity index (χ0v) is 6.59. The molecule has 1 aromatic carbocycles. The van der Waals surface area contributed by atoms with E-state index in [0.29, 0.717) is 0 Å². The second kappa shape index (κ2) is 3.68. The van der Waals surface area contributed by atoms with Crippen LogP contribution in [0.15, 0.2) is 24.3 Å². The van der Waals surface area contributed by atoms with Crippen LogP contribution in [0.3, 0.4) is 0 Å². The van der Waals surface area contributed by atoms with E-state index in [2.05, 4.69) is 18.2 Å². The molecule has 11 heavy (non-hydrogen) atoms. The smallest absolute Gasteiger partial charge is 0.0352 e. The Kier molecular flexibility index (Phi) is 2.57. The van der Waals surface area contributed by atoms with Gasteiger partial charge in [-0.15, -0.1) is 6.42 Å². The van der Waals surface area contributed by atoms with Crippen LogP contribution < -0.4 is 5.32 Å². The first-order chi connectivity index (χ1) is 5.36. The van der Waals surface area contributed by atoms with Gasteiger partial charge in [-0.2, -0.15) is 0 Å². The highest BCUT2D eigenvalue weighted by Gasteiger charge is 1.89. The maximum Gasteiger partial charge on any atom is 0.0352 e. The van der Waals surface area contributed by atoms with E-state index in [9.17, 15) is 0 Å². The molecular formula is C10H11N. The Morgan fingerprint density at radius 1 is 1.55 bits per heavy atom. The van der Waals surface area contributed by atoms with Gasteiger partial charge >= 0.3 is 0 Å². The molecule has 0 saturated heterocycles. The first-order valence-electron chi connectivity index (χ1n) is 3.67. The summed E-state index contributed by atoms with van der Waals surface area (Å²) in [6.45, 7) is 2.98. The molecular weight excluding hydrogens is 134 g/mol. The van der Waals surface area contributed by atoms with Gasteiger partial charge < -0.3 is 5.32 Å². The number of nitrogens with one attached hydrogen (secondary N) is 1. The summed E-state index contributed by atoms with van der Waals surface area (Å²) in [6.07, 6.45) is 5.24. The summed E-state index contributed by atoms with van der Waals surface area (Å²) in [5.74, 6) is 2.59. The largest absolute Gasteiger partial charge is 0.385 e. The Morgan fingerprint density at radius 3 is 3.00 bits per heavy atom. The average Bonchev–Trinajstić information content (AvgIpc) is 2.06. The molecule has 0 spiro atoms. The number of rotatable bonds is 2. The van der Waals surface area contributed by atoms with Crippen molar-refractivity contribution in [1.29, 1.82) is 0 Å². The van der Waals surface area contributed by atoms with Gasteiger partial charge in [-0.05, 0) is 25.1 Å². The third-order valence-electron chi connectivity index (χ3n) is 1.41. The van der Waals surface area contributed by atoms with E-state index in [1.807, 2.05) is 24.3 Å². The second-order valence-corrected chi connectivity index (χ2v) is 2.26. The molecule has 1 nitrogen and oxygen atoms in total. The summed E-state index contributed by atoms with van der Waals surface area (Å²) in [4.78, 5) is 0. The van der Waals surface area contributed by atoms with Crippen molar-refractivity contribution in [2.45, 2.75) is 6.92 Å². The zero-order chi connectivity index (χ0) is 8.10. The topological polar surface area (TPSA) is 12.0 Å². The Bertz CT molecular complexity index is 270. The quantitative estimate of drug-likeness (QED) is 0.628. The summed E-state index contributed by atoms with van der Waals surface area (Å²) in [7, 11) is 0. The number of hydrogen-bond acceptors (Lipinski definition) is 1. The molecule has 1 rings (SSSR count). The summed E-state index contributed by atoms with van der Waals surface area (Å²) in [5, 5.41) is 3.19. The number of hydrogen-bond donors (Lipinski definition) is 1. The molecule has 56 valence electrons. The Balaban J connectivity index is 2.85. The lowest BCUT2D eigenvalue weighted by atomic mass is 10.2. The van der Waals surface area contributed by atoms with Gasteiger partial charge in [-0.1, -0.05) is 12.0 Å². The lowest BCUT2D eigenvalue weighted by Gasteiger charge is -2.01. The van der Waals surface area contributed by atoms with E-state index in [-0.39, 0.29) is 0 Å². The molecule has 0 aliphatic carbocycles. The van der Waals surface area contributed by atoms with E-state index in [4.69, 9.17) is 6.42 Å². The van der Waals surface area contributed by atoms with Gasteiger partial charge in [-0.3, -0.25) is 0 Å². The summed E-state index contributed by atoms with van der Waals surface area (Å²) in [6, 6.07) is 7.84.